The van der Waals surface area contributed by atoms with E-state index in [1.165, 1.54) is 10.9 Å². The van der Waals surface area contributed by atoms with Gasteiger partial charge in [0.1, 0.15) is 5.69 Å². The summed E-state index contributed by atoms with van der Waals surface area (Å²) in [5.41, 5.74) is 3.13. The standard InChI is InChI=1S/C15H19N3/c1-4-5-10-17-14-11(2)12-8-6-7-9-13(12)18-15(14)16-3/h6-10H,4-5H2,1-3H3,(H,16,18). The molecule has 0 aliphatic carbocycles. The van der Waals surface area contributed by atoms with Crippen LogP contribution in [0.15, 0.2) is 29.3 Å². The Bertz CT molecular complexity index is 573. The van der Waals surface area contributed by atoms with Crippen LogP contribution >= 0.6 is 0 Å². The molecule has 0 amide bonds. The van der Waals surface area contributed by atoms with Crippen LogP contribution in [0.2, 0.25) is 0 Å². The first-order chi connectivity index (χ1) is 8.77. The number of hydrogen-bond acceptors (Lipinski definition) is 3. The van der Waals surface area contributed by atoms with Crippen molar-refractivity contribution in [3.63, 3.8) is 0 Å². The second-order valence-corrected chi connectivity index (χ2v) is 4.30. The lowest BCUT2D eigenvalue weighted by atomic mass is 10.1. The van der Waals surface area contributed by atoms with Crippen LogP contribution in [-0.4, -0.2) is 18.2 Å². The Labute approximate surface area is 108 Å². The van der Waals surface area contributed by atoms with Crippen molar-refractivity contribution >= 4 is 28.6 Å². The Hall–Kier alpha value is -1.90. The molecule has 0 unspecified atom stereocenters. The summed E-state index contributed by atoms with van der Waals surface area (Å²) < 4.78 is 0. The normalized spacial score (nSPS) is 11.3. The molecular weight excluding hydrogens is 222 g/mol. The van der Waals surface area contributed by atoms with E-state index in [0.717, 1.165) is 29.9 Å². The molecule has 1 aromatic heterocycles. The van der Waals surface area contributed by atoms with E-state index in [1.807, 2.05) is 31.5 Å². The molecule has 94 valence electrons. The molecule has 3 nitrogen and oxygen atoms in total. The van der Waals surface area contributed by atoms with E-state index in [9.17, 15) is 0 Å². The smallest absolute Gasteiger partial charge is 0.152 e. The van der Waals surface area contributed by atoms with Crippen molar-refractivity contribution in [2.24, 2.45) is 4.99 Å². The van der Waals surface area contributed by atoms with Crippen LogP contribution in [0.5, 0.6) is 0 Å². The highest BCUT2D eigenvalue weighted by atomic mass is 15.0. The molecule has 1 heterocycles. The number of anilines is 1. The molecule has 3 heteroatoms. The van der Waals surface area contributed by atoms with Gasteiger partial charge in [0.2, 0.25) is 0 Å². The average molecular weight is 241 g/mol. The van der Waals surface area contributed by atoms with Crippen LogP contribution in [0, 0.1) is 6.92 Å². The van der Waals surface area contributed by atoms with Gasteiger partial charge in [0.15, 0.2) is 5.82 Å². The molecule has 18 heavy (non-hydrogen) atoms. The van der Waals surface area contributed by atoms with Crippen molar-refractivity contribution in [2.75, 3.05) is 12.4 Å². The molecule has 0 bridgehead atoms. The highest BCUT2D eigenvalue weighted by Gasteiger charge is 2.09. The zero-order valence-electron chi connectivity index (χ0n) is 11.2. The Balaban J connectivity index is 2.59. The Morgan fingerprint density at radius 3 is 2.83 bits per heavy atom. The Kier molecular flexibility index (Phi) is 3.92. The summed E-state index contributed by atoms with van der Waals surface area (Å²) >= 11 is 0. The summed E-state index contributed by atoms with van der Waals surface area (Å²) in [6.07, 6.45) is 4.08. The first-order valence-corrected chi connectivity index (χ1v) is 6.37. The third kappa shape index (κ3) is 2.35. The van der Waals surface area contributed by atoms with Crippen molar-refractivity contribution < 1.29 is 0 Å². The van der Waals surface area contributed by atoms with Gasteiger partial charge >= 0.3 is 0 Å². The molecule has 0 spiro atoms. The van der Waals surface area contributed by atoms with E-state index >= 15 is 0 Å². The molecule has 0 aliphatic rings. The second-order valence-electron chi connectivity index (χ2n) is 4.30. The van der Waals surface area contributed by atoms with Gasteiger partial charge in [-0.15, -0.1) is 0 Å². The van der Waals surface area contributed by atoms with Gasteiger partial charge in [-0.2, -0.15) is 0 Å². The Morgan fingerprint density at radius 1 is 1.33 bits per heavy atom. The van der Waals surface area contributed by atoms with Crippen molar-refractivity contribution in [2.45, 2.75) is 26.7 Å². The van der Waals surface area contributed by atoms with E-state index in [0.29, 0.717) is 0 Å². The van der Waals surface area contributed by atoms with E-state index in [-0.39, 0.29) is 0 Å². The topological polar surface area (TPSA) is 37.3 Å². The SMILES string of the molecule is CCCC=Nc1c(NC)nc2ccccc2c1C. The first kappa shape index (κ1) is 12.6. The van der Waals surface area contributed by atoms with Gasteiger partial charge < -0.3 is 5.32 Å². The third-order valence-corrected chi connectivity index (χ3v) is 2.99. The molecule has 0 fully saturated rings. The monoisotopic (exact) mass is 241 g/mol. The number of aliphatic imine (C=N–C) groups is 1. The van der Waals surface area contributed by atoms with Crippen LogP contribution in [0.25, 0.3) is 10.9 Å². The third-order valence-electron chi connectivity index (χ3n) is 2.99. The minimum atomic E-state index is 0.846. The van der Waals surface area contributed by atoms with Crippen molar-refractivity contribution in [3.05, 3.63) is 29.8 Å². The van der Waals surface area contributed by atoms with Crippen LogP contribution in [0.3, 0.4) is 0 Å². The summed E-state index contributed by atoms with van der Waals surface area (Å²) in [6.45, 7) is 4.25. The van der Waals surface area contributed by atoms with Gasteiger partial charge in [0.25, 0.3) is 0 Å². The molecule has 0 saturated heterocycles. The molecular formula is C15H19N3. The number of nitrogens with one attached hydrogen (secondary N) is 1. The van der Waals surface area contributed by atoms with Gasteiger partial charge in [-0.1, -0.05) is 31.5 Å². The number of rotatable bonds is 4. The molecule has 0 atom stereocenters. The van der Waals surface area contributed by atoms with Gasteiger partial charge in [0, 0.05) is 18.6 Å². The van der Waals surface area contributed by atoms with E-state index in [4.69, 9.17) is 0 Å². The molecule has 2 aromatic rings. The number of unbranched alkanes of at least 4 members (excludes halogenated alkanes) is 1. The summed E-state index contributed by atoms with van der Waals surface area (Å²) in [4.78, 5) is 9.17. The lowest BCUT2D eigenvalue weighted by Crippen LogP contribution is -1.96. The number of pyridine rings is 1. The van der Waals surface area contributed by atoms with E-state index in [2.05, 4.69) is 35.2 Å². The highest BCUT2D eigenvalue weighted by Crippen LogP contribution is 2.32. The zero-order valence-corrected chi connectivity index (χ0v) is 11.2. The lowest BCUT2D eigenvalue weighted by Gasteiger charge is -2.10. The lowest BCUT2D eigenvalue weighted by molar-refractivity contribution is 1.01. The molecule has 2 rings (SSSR count). The molecule has 0 saturated carbocycles. The fourth-order valence-corrected chi connectivity index (χ4v) is 1.98. The van der Waals surface area contributed by atoms with Crippen LogP contribution in [0.1, 0.15) is 25.3 Å². The number of nitrogens with zero attached hydrogens (tertiary/aromatic N) is 2. The summed E-state index contributed by atoms with van der Waals surface area (Å²) in [5, 5.41) is 4.30. The van der Waals surface area contributed by atoms with Gasteiger partial charge in [-0.05, 0) is 25.0 Å². The number of fused-ring (bicyclic) bond motifs is 1. The molecule has 0 aliphatic heterocycles. The fraction of sp³-hybridized carbons (Fsp3) is 0.333. The summed E-state index contributed by atoms with van der Waals surface area (Å²) in [6, 6.07) is 8.17. The molecule has 1 aromatic carbocycles. The van der Waals surface area contributed by atoms with Crippen molar-refractivity contribution in [1.82, 2.24) is 4.98 Å². The van der Waals surface area contributed by atoms with Crippen LogP contribution in [0.4, 0.5) is 11.5 Å². The number of hydrogen-bond donors (Lipinski definition) is 1. The molecule has 1 N–H and O–H groups in total. The molecule has 0 radical (unpaired) electrons. The van der Waals surface area contributed by atoms with Gasteiger partial charge in [0.05, 0.1) is 5.52 Å². The number of aryl methyl sites for hydroxylation is 1. The van der Waals surface area contributed by atoms with Crippen LogP contribution in [-0.2, 0) is 0 Å². The quantitative estimate of drug-likeness (QED) is 0.819. The predicted molar refractivity (Wildman–Crippen MR) is 79.1 cm³/mol. The maximum Gasteiger partial charge on any atom is 0.152 e. The number of aromatic nitrogens is 1. The average Bonchev–Trinajstić information content (AvgIpc) is 2.41. The second kappa shape index (κ2) is 5.63. The minimum absolute atomic E-state index is 0.846. The predicted octanol–water partition coefficient (Wildman–Crippen LogP) is 4.09. The Morgan fingerprint density at radius 2 is 2.11 bits per heavy atom. The number of benzene rings is 1. The van der Waals surface area contributed by atoms with Crippen molar-refractivity contribution in [1.29, 1.82) is 0 Å². The van der Waals surface area contributed by atoms with Gasteiger partial charge in [-0.25, -0.2) is 4.98 Å². The van der Waals surface area contributed by atoms with E-state index in [1.54, 1.807) is 0 Å². The maximum atomic E-state index is 4.61. The largest absolute Gasteiger partial charge is 0.371 e. The number of para-hydroxylation sites is 1. The zero-order chi connectivity index (χ0) is 13.0. The summed E-state index contributed by atoms with van der Waals surface area (Å²) in [7, 11) is 1.88. The van der Waals surface area contributed by atoms with E-state index < -0.39 is 0 Å². The fourth-order valence-electron chi connectivity index (χ4n) is 1.98. The first-order valence-electron chi connectivity index (χ1n) is 6.37. The summed E-state index contributed by atoms with van der Waals surface area (Å²) in [5.74, 6) is 0.846. The highest BCUT2D eigenvalue weighted by molar-refractivity contribution is 5.91. The van der Waals surface area contributed by atoms with Crippen LogP contribution < -0.4 is 5.32 Å². The van der Waals surface area contributed by atoms with Gasteiger partial charge in [-0.3, -0.25) is 4.99 Å². The van der Waals surface area contributed by atoms with Crippen molar-refractivity contribution in [3.8, 4) is 0 Å². The maximum absolute atomic E-state index is 4.61. The minimum Gasteiger partial charge on any atom is -0.371 e.